The van der Waals surface area contributed by atoms with Gasteiger partial charge in [-0.3, -0.25) is 4.90 Å². The van der Waals surface area contributed by atoms with Gasteiger partial charge in [0.2, 0.25) is 0 Å². The lowest BCUT2D eigenvalue weighted by atomic mass is 10.0. The highest BCUT2D eigenvalue weighted by molar-refractivity contribution is 5.41. The van der Waals surface area contributed by atoms with Gasteiger partial charge >= 0.3 is 0 Å². The second-order valence-corrected chi connectivity index (χ2v) is 5.20. The van der Waals surface area contributed by atoms with Gasteiger partial charge in [0.05, 0.1) is 7.11 Å². The van der Waals surface area contributed by atoms with Gasteiger partial charge in [0.1, 0.15) is 11.5 Å². The van der Waals surface area contributed by atoms with Crippen LogP contribution in [0.1, 0.15) is 45.7 Å². The first-order valence-corrected chi connectivity index (χ1v) is 7.14. The lowest BCUT2D eigenvalue weighted by molar-refractivity contribution is 0.187. The van der Waals surface area contributed by atoms with Gasteiger partial charge in [-0.15, -0.1) is 0 Å². The van der Waals surface area contributed by atoms with Crippen LogP contribution in [0, 0.1) is 5.92 Å². The van der Waals surface area contributed by atoms with Crippen molar-refractivity contribution in [3.63, 3.8) is 0 Å². The number of benzene rings is 1. The first-order valence-electron chi connectivity index (χ1n) is 7.14. The molecule has 0 aliphatic heterocycles. The zero-order chi connectivity index (χ0) is 14.4. The highest BCUT2D eigenvalue weighted by atomic mass is 16.5. The van der Waals surface area contributed by atoms with Crippen LogP contribution in [0.5, 0.6) is 11.5 Å². The molecule has 0 aromatic heterocycles. The zero-order valence-electron chi connectivity index (χ0n) is 12.8. The van der Waals surface area contributed by atoms with Crippen molar-refractivity contribution in [3.05, 3.63) is 23.8 Å². The number of ether oxygens (including phenoxy) is 1. The second-order valence-electron chi connectivity index (χ2n) is 5.20. The van der Waals surface area contributed by atoms with Crippen LogP contribution < -0.4 is 4.74 Å². The van der Waals surface area contributed by atoms with Crippen LogP contribution in [0.4, 0.5) is 0 Å². The summed E-state index contributed by atoms with van der Waals surface area (Å²) in [5.74, 6) is 1.68. The number of hydrogen-bond donors (Lipinski definition) is 1. The van der Waals surface area contributed by atoms with Crippen LogP contribution in [-0.2, 0) is 0 Å². The van der Waals surface area contributed by atoms with Crippen LogP contribution in [-0.4, -0.2) is 30.2 Å². The van der Waals surface area contributed by atoms with Crippen LogP contribution in [0.15, 0.2) is 18.2 Å². The molecule has 2 atom stereocenters. The molecule has 0 heterocycles. The number of rotatable bonds is 7. The molecule has 0 saturated heterocycles. The third-order valence-corrected chi connectivity index (χ3v) is 3.88. The van der Waals surface area contributed by atoms with Gasteiger partial charge in [-0.25, -0.2) is 0 Å². The maximum Gasteiger partial charge on any atom is 0.124 e. The molecular weight excluding hydrogens is 238 g/mol. The topological polar surface area (TPSA) is 32.7 Å². The molecule has 1 aromatic carbocycles. The number of hydrogen-bond acceptors (Lipinski definition) is 3. The Hall–Kier alpha value is -1.22. The average molecular weight is 265 g/mol. The van der Waals surface area contributed by atoms with E-state index in [0.717, 1.165) is 18.7 Å². The number of nitrogens with zero attached hydrogens (tertiary/aromatic N) is 1. The van der Waals surface area contributed by atoms with Gasteiger partial charge < -0.3 is 9.84 Å². The minimum Gasteiger partial charge on any atom is -0.507 e. The molecule has 0 amide bonds. The van der Waals surface area contributed by atoms with E-state index in [2.05, 4.69) is 32.6 Å². The van der Waals surface area contributed by atoms with E-state index in [9.17, 15) is 5.11 Å². The predicted octanol–water partition coefficient (Wildman–Crippen LogP) is 3.83. The predicted molar refractivity (Wildman–Crippen MR) is 79.8 cm³/mol. The van der Waals surface area contributed by atoms with E-state index in [1.807, 2.05) is 12.1 Å². The summed E-state index contributed by atoms with van der Waals surface area (Å²) in [6.07, 6.45) is 1.18. The largest absolute Gasteiger partial charge is 0.507 e. The molecule has 0 spiro atoms. The summed E-state index contributed by atoms with van der Waals surface area (Å²) in [5, 5.41) is 10.1. The summed E-state index contributed by atoms with van der Waals surface area (Å²) in [5.41, 5.74) is 0.964. The molecule has 0 bridgehead atoms. The summed E-state index contributed by atoms with van der Waals surface area (Å²) < 4.78 is 5.12. The van der Waals surface area contributed by atoms with Gasteiger partial charge in [0.25, 0.3) is 0 Å². The van der Waals surface area contributed by atoms with E-state index in [1.165, 1.54) is 6.42 Å². The third-order valence-electron chi connectivity index (χ3n) is 3.88. The van der Waals surface area contributed by atoms with Gasteiger partial charge in [-0.1, -0.05) is 33.3 Å². The number of phenols is 1. The molecular formula is C16H27NO2. The third kappa shape index (κ3) is 4.13. The SMILES string of the molecule is CCC(C)CN(CC)C(C)c1ccc(OC)cc1O. The van der Waals surface area contributed by atoms with Crippen molar-refractivity contribution in [2.24, 2.45) is 5.92 Å². The fourth-order valence-corrected chi connectivity index (χ4v) is 2.29. The molecule has 2 unspecified atom stereocenters. The van der Waals surface area contributed by atoms with Crippen LogP contribution in [0.3, 0.4) is 0 Å². The molecule has 19 heavy (non-hydrogen) atoms. The van der Waals surface area contributed by atoms with E-state index in [0.29, 0.717) is 17.4 Å². The lowest BCUT2D eigenvalue weighted by Crippen LogP contribution is -2.31. The molecule has 3 heteroatoms. The fraction of sp³-hybridized carbons (Fsp3) is 0.625. The minimum atomic E-state index is 0.213. The molecule has 1 rings (SSSR count). The Morgan fingerprint density at radius 1 is 1.26 bits per heavy atom. The molecule has 108 valence electrons. The van der Waals surface area contributed by atoms with Crippen molar-refractivity contribution in [2.75, 3.05) is 20.2 Å². The Morgan fingerprint density at radius 2 is 1.95 bits per heavy atom. The van der Waals surface area contributed by atoms with Crippen molar-refractivity contribution < 1.29 is 9.84 Å². The highest BCUT2D eigenvalue weighted by Gasteiger charge is 2.19. The maximum atomic E-state index is 10.1. The number of aromatic hydroxyl groups is 1. The monoisotopic (exact) mass is 265 g/mol. The van der Waals surface area contributed by atoms with Crippen molar-refractivity contribution in [1.29, 1.82) is 0 Å². The molecule has 0 aliphatic carbocycles. The van der Waals surface area contributed by atoms with Gasteiger partial charge in [-0.2, -0.15) is 0 Å². The van der Waals surface area contributed by atoms with E-state index >= 15 is 0 Å². The molecule has 0 fully saturated rings. The average Bonchev–Trinajstić information content (AvgIpc) is 2.43. The first-order chi connectivity index (χ1) is 9.03. The zero-order valence-corrected chi connectivity index (χ0v) is 12.8. The Bertz CT molecular complexity index is 392. The summed E-state index contributed by atoms with van der Waals surface area (Å²) in [4.78, 5) is 2.40. The van der Waals surface area contributed by atoms with Crippen molar-refractivity contribution >= 4 is 0 Å². The Kier molecular flexibility index (Phi) is 6.16. The van der Waals surface area contributed by atoms with Crippen molar-refractivity contribution in [1.82, 2.24) is 4.90 Å². The van der Waals surface area contributed by atoms with Gasteiger partial charge in [0.15, 0.2) is 0 Å². The summed E-state index contributed by atoms with van der Waals surface area (Å²) in [6, 6.07) is 5.76. The summed E-state index contributed by atoms with van der Waals surface area (Å²) in [6.45, 7) is 10.8. The smallest absolute Gasteiger partial charge is 0.124 e. The Balaban J connectivity index is 2.87. The Labute approximate surface area is 117 Å². The number of methoxy groups -OCH3 is 1. The fourth-order valence-electron chi connectivity index (χ4n) is 2.29. The standard InChI is InChI=1S/C16H27NO2/c1-6-12(3)11-17(7-2)13(4)15-9-8-14(19-5)10-16(15)18/h8-10,12-13,18H,6-7,11H2,1-5H3. The Morgan fingerprint density at radius 3 is 2.42 bits per heavy atom. The van der Waals surface area contributed by atoms with E-state index in [4.69, 9.17) is 4.74 Å². The maximum absolute atomic E-state index is 10.1. The molecule has 1 aromatic rings. The number of phenolic OH excluding ortho intramolecular Hbond substituents is 1. The molecule has 1 N–H and O–H groups in total. The van der Waals surface area contributed by atoms with E-state index in [-0.39, 0.29) is 6.04 Å². The van der Waals surface area contributed by atoms with Crippen molar-refractivity contribution in [3.8, 4) is 11.5 Å². The van der Waals surface area contributed by atoms with E-state index < -0.39 is 0 Å². The molecule has 0 aliphatic rings. The highest BCUT2D eigenvalue weighted by Crippen LogP contribution is 2.31. The van der Waals surface area contributed by atoms with Gasteiger partial charge in [-0.05, 0) is 25.5 Å². The lowest BCUT2D eigenvalue weighted by Gasteiger charge is -2.30. The van der Waals surface area contributed by atoms with Crippen molar-refractivity contribution in [2.45, 2.75) is 40.2 Å². The molecule has 3 nitrogen and oxygen atoms in total. The summed E-state index contributed by atoms with van der Waals surface area (Å²) >= 11 is 0. The van der Waals surface area contributed by atoms with Gasteiger partial charge in [0, 0.05) is 24.2 Å². The quantitative estimate of drug-likeness (QED) is 0.813. The minimum absolute atomic E-state index is 0.213. The van der Waals surface area contributed by atoms with Crippen LogP contribution in [0.2, 0.25) is 0 Å². The first kappa shape index (κ1) is 15.8. The summed E-state index contributed by atoms with van der Waals surface area (Å²) in [7, 11) is 1.61. The molecule has 0 saturated carbocycles. The van der Waals surface area contributed by atoms with Crippen LogP contribution >= 0.6 is 0 Å². The van der Waals surface area contributed by atoms with E-state index in [1.54, 1.807) is 13.2 Å². The molecule has 0 radical (unpaired) electrons. The normalized spacial score (nSPS) is 14.4. The van der Waals surface area contributed by atoms with Crippen LogP contribution in [0.25, 0.3) is 0 Å². The second kappa shape index (κ2) is 7.39.